The highest BCUT2D eigenvalue weighted by molar-refractivity contribution is 4.90. The summed E-state index contributed by atoms with van der Waals surface area (Å²) in [5, 5.41) is 19.7. The first-order valence-corrected chi connectivity index (χ1v) is 3.42. The second kappa shape index (κ2) is 3.45. The van der Waals surface area contributed by atoms with Crippen molar-refractivity contribution in [1.82, 2.24) is 20.1 Å². The van der Waals surface area contributed by atoms with Gasteiger partial charge in [0.25, 0.3) is 0 Å². The Morgan fingerprint density at radius 1 is 1.82 bits per heavy atom. The van der Waals surface area contributed by atoms with E-state index in [1.165, 1.54) is 0 Å². The minimum Gasteiger partial charge on any atom is -0.384 e. The van der Waals surface area contributed by atoms with Crippen molar-refractivity contribution in [3.8, 4) is 0 Å². The molecule has 1 aromatic heterocycles. The quantitative estimate of drug-likeness (QED) is 0.593. The number of aliphatic hydroxyl groups excluding tert-OH is 1. The van der Waals surface area contributed by atoms with E-state index in [0.717, 1.165) is 0 Å². The highest BCUT2D eigenvalue weighted by Gasteiger charge is 2.10. The van der Waals surface area contributed by atoms with Crippen LogP contribution in [0.1, 0.15) is 11.9 Å². The average Bonchev–Trinajstić information content (AvgIpc) is 2.36. The zero-order valence-corrected chi connectivity index (χ0v) is 6.65. The third-order valence-corrected chi connectivity index (χ3v) is 1.44. The van der Waals surface area contributed by atoms with Crippen LogP contribution in [0, 0.1) is 0 Å². The monoisotopic (exact) mass is 156 g/mol. The van der Waals surface area contributed by atoms with Gasteiger partial charge in [-0.1, -0.05) is 0 Å². The smallest absolute Gasteiger partial charge is 0.162 e. The molecule has 1 heterocycles. The van der Waals surface area contributed by atoms with Crippen LogP contribution < -0.4 is 5.32 Å². The molecule has 0 spiro atoms. The Morgan fingerprint density at radius 2 is 2.55 bits per heavy atom. The number of aryl methyl sites for hydroxylation is 1. The fraction of sp³-hybridized carbons (Fsp3) is 0.667. The van der Waals surface area contributed by atoms with Crippen molar-refractivity contribution >= 4 is 0 Å². The summed E-state index contributed by atoms with van der Waals surface area (Å²) in [6.07, 6.45) is 0.987. The third-order valence-electron chi connectivity index (χ3n) is 1.44. The Bertz CT molecular complexity index is 222. The maximum Gasteiger partial charge on any atom is 0.162 e. The van der Waals surface area contributed by atoms with Crippen LogP contribution >= 0.6 is 0 Å². The molecule has 5 heteroatoms. The molecular formula is C6H12N4O. The predicted molar refractivity (Wildman–Crippen MR) is 39.9 cm³/mol. The van der Waals surface area contributed by atoms with Crippen LogP contribution in [0.25, 0.3) is 0 Å². The highest BCUT2D eigenvalue weighted by Crippen LogP contribution is 2.05. The van der Waals surface area contributed by atoms with E-state index in [1.807, 2.05) is 0 Å². The standard InChI is InChI=1S/C6H12N4O/c1-7-3-5(11)6-9-8-4-10(6)2/h4-5,7,11H,3H2,1-2H3. The zero-order valence-electron chi connectivity index (χ0n) is 6.65. The lowest BCUT2D eigenvalue weighted by molar-refractivity contribution is 0.164. The summed E-state index contributed by atoms with van der Waals surface area (Å²) >= 11 is 0. The second-order valence-corrected chi connectivity index (χ2v) is 2.37. The fourth-order valence-electron chi connectivity index (χ4n) is 0.878. The van der Waals surface area contributed by atoms with E-state index in [-0.39, 0.29) is 0 Å². The third kappa shape index (κ3) is 1.75. The molecule has 1 unspecified atom stereocenters. The summed E-state index contributed by atoms with van der Waals surface area (Å²) in [6.45, 7) is 0.493. The van der Waals surface area contributed by atoms with Crippen LogP contribution in [0.15, 0.2) is 6.33 Å². The second-order valence-electron chi connectivity index (χ2n) is 2.37. The first kappa shape index (κ1) is 8.16. The average molecular weight is 156 g/mol. The van der Waals surface area contributed by atoms with Gasteiger partial charge in [-0.2, -0.15) is 0 Å². The molecule has 0 aliphatic rings. The van der Waals surface area contributed by atoms with E-state index >= 15 is 0 Å². The van der Waals surface area contributed by atoms with E-state index in [4.69, 9.17) is 0 Å². The van der Waals surface area contributed by atoms with Gasteiger partial charge in [0, 0.05) is 13.6 Å². The molecule has 11 heavy (non-hydrogen) atoms. The van der Waals surface area contributed by atoms with Crippen LogP contribution in [0.5, 0.6) is 0 Å². The zero-order chi connectivity index (χ0) is 8.27. The molecule has 0 fully saturated rings. The van der Waals surface area contributed by atoms with E-state index in [2.05, 4.69) is 15.5 Å². The number of rotatable bonds is 3. The topological polar surface area (TPSA) is 63.0 Å². The number of aromatic nitrogens is 3. The van der Waals surface area contributed by atoms with Gasteiger partial charge < -0.3 is 15.0 Å². The van der Waals surface area contributed by atoms with Crippen LogP contribution in [-0.4, -0.2) is 33.5 Å². The Balaban J connectivity index is 2.67. The van der Waals surface area contributed by atoms with Crippen molar-refractivity contribution in [2.24, 2.45) is 7.05 Å². The molecular weight excluding hydrogens is 144 g/mol. The van der Waals surface area contributed by atoms with Crippen LogP contribution in [0.4, 0.5) is 0 Å². The molecule has 62 valence electrons. The first-order valence-electron chi connectivity index (χ1n) is 3.42. The number of hydrogen-bond donors (Lipinski definition) is 2. The van der Waals surface area contributed by atoms with Gasteiger partial charge in [0.05, 0.1) is 0 Å². The molecule has 1 rings (SSSR count). The summed E-state index contributed by atoms with van der Waals surface area (Å²) in [6, 6.07) is 0. The van der Waals surface area contributed by atoms with Gasteiger partial charge in [-0.3, -0.25) is 0 Å². The molecule has 0 amide bonds. The minimum atomic E-state index is -0.576. The van der Waals surface area contributed by atoms with E-state index in [9.17, 15) is 5.11 Å². The summed E-state index contributed by atoms with van der Waals surface area (Å²) < 4.78 is 1.70. The molecule has 0 saturated carbocycles. The molecule has 1 aromatic rings. The van der Waals surface area contributed by atoms with E-state index < -0.39 is 6.10 Å². The normalized spacial score (nSPS) is 13.4. The summed E-state index contributed by atoms with van der Waals surface area (Å²) in [5.74, 6) is 0.583. The summed E-state index contributed by atoms with van der Waals surface area (Å²) in [5.41, 5.74) is 0. The number of hydrogen-bond acceptors (Lipinski definition) is 4. The van der Waals surface area contributed by atoms with E-state index in [0.29, 0.717) is 12.4 Å². The minimum absolute atomic E-state index is 0.493. The van der Waals surface area contributed by atoms with Gasteiger partial charge in [0.15, 0.2) is 5.82 Å². The highest BCUT2D eigenvalue weighted by atomic mass is 16.3. The lowest BCUT2D eigenvalue weighted by Crippen LogP contribution is -2.19. The molecule has 1 atom stereocenters. The summed E-state index contributed by atoms with van der Waals surface area (Å²) in [4.78, 5) is 0. The van der Waals surface area contributed by atoms with Crippen molar-refractivity contribution < 1.29 is 5.11 Å². The number of nitrogens with zero attached hydrogens (tertiary/aromatic N) is 3. The SMILES string of the molecule is CNCC(O)c1nncn1C. The maximum atomic E-state index is 9.40. The number of nitrogens with one attached hydrogen (secondary N) is 1. The van der Waals surface area contributed by atoms with Gasteiger partial charge in [-0.05, 0) is 7.05 Å². The molecule has 2 N–H and O–H groups in total. The molecule has 0 bridgehead atoms. The Kier molecular flexibility index (Phi) is 2.56. The van der Waals surface area contributed by atoms with Gasteiger partial charge in [0.1, 0.15) is 12.4 Å². The van der Waals surface area contributed by atoms with Crippen LogP contribution in [0.2, 0.25) is 0 Å². The van der Waals surface area contributed by atoms with Gasteiger partial charge in [0.2, 0.25) is 0 Å². The van der Waals surface area contributed by atoms with Crippen LogP contribution in [0.3, 0.4) is 0 Å². The molecule has 0 saturated heterocycles. The van der Waals surface area contributed by atoms with Gasteiger partial charge in [-0.15, -0.1) is 10.2 Å². The molecule has 0 radical (unpaired) electrons. The number of likely N-dealkylation sites (N-methyl/N-ethyl adjacent to an activating group) is 1. The van der Waals surface area contributed by atoms with Crippen molar-refractivity contribution in [2.75, 3.05) is 13.6 Å². The van der Waals surface area contributed by atoms with Crippen molar-refractivity contribution in [3.63, 3.8) is 0 Å². The molecule has 0 aliphatic heterocycles. The van der Waals surface area contributed by atoms with Crippen molar-refractivity contribution in [2.45, 2.75) is 6.10 Å². The Labute approximate surface area is 65.1 Å². The van der Waals surface area contributed by atoms with Crippen molar-refractivity contribution in [1.29, 1.82) is 0 Å². The van der Waals surface area contributed by atoms with Gasteiger partial charge in [-0.25, -0.2) is 0 Å². The lowest BCUT2D eigenvalue weighted by Gasteiger charge is -2.07. The molecule has 0 aliphatic carbocycles. The first-order chi connectivity index (χ1) is 5.25. The maximum absolute atomic E-state index is 9.40. The predicted octanol–water partition coefficient (Wildman–Crippen LogP) is -0.932. The molecule has 0 aromatic carbocycles. The molecule has 5 nitrogen and oxygen atoms in total. The summed E-state index contributed by atoms with van der Waals surface area (Å²) in [7, 11) is 3.58. The fourth-order valence-corrected chi connectivity index (χ4v) is 0.878. The Morgan fingerprint density at radius 3 is 3.00 bits per heavy atom. The lowest BCUT2D eigenvalue weighted by atomic mass is 10.3. The largest absolute Gasteiger partial charge is 0.384 e. The van der Waals surface area contributed by atoms with Crippen LogP contribution in [-0.2, 0) is 7.05 Å². The Hall–Kier alpha value is -0.940. The number of aliphatic hydroxyl groups is 1. The van der Waals surface area contributed by atoms with E-state index in [1.54, 1.807) is 25.0 Å². The van der Waals surface area contributed by atoms with Crippen molar-refractivity contribution in [3.05, 3.63) is 12.2 Å². The van der Waals surface area contributed by atoms with Gasteiger partial charge >= 0.3 is 0 Å².